The van der Waals surface area contributed by atoms with Crippen LogP contribution in [-0.2, 0) is 6.42 Å². The fourth-order valence-corrected chi connectivity index (χ4v) is 4.57. The summed E-state index contributed by atoms with van der Waals surface area (Å²) < 4.78 is 1.69. The minimum atomic E-state index is -0.418. The lowest BCUT2D eigenvalue weighted by Crippen LogP contribution is -2.38. The molecule has 30 heavy (non-hydrogen) atoms. The van der Waals surface area contributed by atoms with E-state index >= 15 is 0 Å². The third kappa shape index (κ3) is 4.00. The summed E-state index contributed by atoms with van der Waals surface area (Å²) in [5.74, 6) is 0.480. The number of hydrogen-bond acceptors (Lipinski definition) is 4. The average Bonchev–Trinajstić information content (AvgIpc) is 3.48. The van der Waals surface area contributed by atoms with E-state index < -0.39 is 11.8 Å². The van der Waals surface area contributed by atoms with Crippen molar-refractivity contribution in [2.45, 2.75) is 64.3 Å². The van der Waals surface area contributed by atoms with Crippen LogP contribution in [0.3, 0.4) is 0 Å². The molecule has 1 N–H and O–H groups in total. The predicted octanol–water partition coefficient (Wildman–Crippen LogP) is 3.89. The Hall–Kier alpha value is -2.63. The van der Waals surface area contributed by atoms with Crippen LogP contribution in [0.4, 0.5) is 0 Å². The van der Waals surface area contributed by atoms with Crippen molar-refractivity contribution in [3.05, 3.63) is 57.6 Å². The van der Waals surface area contributed by atoms with Crippen LogP contribution in [-0.4, -0.2) is 38.6 Å². The van der Waals surface area contributed by atoms with E-state index in [1.165, 1.54) is 5.56 Å². The van der Waals surface area contributed by atoms with Gasteiger partial charge in [-0.15, -0.1) is 0 Å². The Kier molecular flexibility index (Phi) is 5.93. The number of carbonyl (C=O) groups is 1. The highest BCUT2D eigenvalue weighted by Crippen LogP contribution is 2.39. The minimum absolute atomic E-state index is 0.000323. The zero-order valence-corrected chi connectivity index (χ0v) is 17.9. The van der Waals surface area contributed by atoms with Gasteiger partial charge < -0.3 is 10.0 Å². The summed E-state index contributed by atoms with van der Waals surface area (Å²) in [6.45, 7) is 5.24. The standard InChI is InChI=1S/C24H31N3O3/c1-3-4-10-20-25-22(28)21(24(30)27(20)16(2)17-11-12-17)23(29)26-14-13-19(15-26)18-8-6-5-7-9-18/h5-9,16-17,19,28H,3-4,10-15H2,1-2H3/t16-,19-/m1/s1. The van der Waals surface area contributed by atoms with Crippen LogP contribution in [0, 0.1) is 5.92 Å². The normalized spacial score (nSPS) is 19.8. The Morgan fingerprint density at radius 1 is 1.23 bits per heavy atom. The van der Waals surface area contributed by atoms with E-state index in [9.17, 15) is 14.7 Å². The van der Waals surface area contributed by atoms with E-state index in [-0.39, 0.29) is 23.1 Å². The fourth-order valence-electron chi connectivity index (χ4n) is 4.57. The van der Waals surface area contributed by atoms with Gasteiger partial charge in [-0.25, -0.2) is 0 Å². The second-order valence-corrected chi connectivity index (χ2v) is 8.73. The van der Waals surface area contributed by atoms with E-state index in [4.69, 9.17) is 0 Å². The number of nitrogens with zero attached hydrogens (tertiary/aromatic N) is 3. The van der Waals surface area contributed by atoms with Crippen LogP contribution in [0.1, 0.15) is 79.7 Å². The van der Waals surface area contributed by atoms with E-state index in [0.717, 1.165) is 32.1 Å². The number of aromatic nitrogens is 2. The van der Waals surface area contributed by atoms with E-state index in [1.807, 2.05) is 25.1 Å². The van der Waals surface area contributed by atoms with Gasteiger partial charge in [0.1, 0.15) is 5.82 Å². The second-order valence-electron chi connectivity index (χ2n) is 8.73. The Morgan fingerprint density at radius 2 is 1.97 bits per heavy atom. The van der Waals surface area contributed by atoms with Gasteiger partial charge in [-0.1, -0.05) is 43.7 Å². The molecule has 2 atom stereocenters. The Bertz CT molecular complexity index is 966. The van der Waals surface area contributed by atoms with E-state index in [2.05, 4.69) is 24.0 Å². The van der Waals surface area contributed by atoms with Crippen molar-refractivity contribution >= 4 is 5.91 Å². The van der Waals surface area contributed by atoms with Crippen LogP contribution in [0.2, 0.25) is 0 Å². The number of aryl methyl sites for hydroxylation is 1. The average molecular weight is 410 g/mol. The van der Waals surface area contributed by atoms with Gasteiger partial charge in [0.25, 0.3) is 11.5 Å². The molecular weight excluding hydrogens is 378 g/mol. The van der Waals surface area contributed by atoms with Crippen LogP contribution in [0.25, 0.3) is 0 Å². The Morgan fingerprint density at radius 3 is 2.63 bits per heavy atom. The maximum Gasteiger partial charge on any atom is 0.270 e. The van der Waals surface area contributed by atoms with Crippen LogP contribution in [0.5, 0.6) is 5.88 Å². The number of hydrogen-bond donors (Lipinski definition) is 1. The molecule has 1 amide bonds. The van der Waals surface area contributed by atoms with Gasteiger partial charge in [-0.3, -0.25) is 14.2 Å². The first-order chi connectivity index (χ1) is 14.5. The van der Waals surface area contributed by atoms with E-state index in [0.29, 0.717) is 31.3 Å². The quantitative estimate of drug-likeness (QED) is 0.753. The SMILES string of the molecule is CCCCc1nc(O)c(C(=O)N2CC[C@@H](c3ccccc3)C2)c(=O)n1[C@H](C)C1CC1. The topological polar surface area (TPSA) is 75.4 Å². The molecule has 6 heteroatoms. The highest BCUT2D eigenvalue weighted by Gasteiger charge is 2.35. The molecule has 1 aliphatic carbocycles. The third-order valence-corrected chi connectivity index (χ3v) is 6.60. The number of amides is 1. The Balaban J connectivity index is 1.64. The highest BCUT2D eigenvalue weighted by atomic mass is 16.3. The van der Waals surface area contributed by atoms with Gasteiger partial charge in [0, 0.05) is 31.5 Å². The monoisotopic (exact) mass is 409 g/mol. The summed E-state index contributed by atoms with van der Waals surface area (Å²) in [6, 6.07) is 10.1. The molecule has 1 saturated carbocycles. The lowest BCUT2D eigenvalue weighted by molar-refractivity contribution is 0.0783. The molecule has 2 aliphatic rings. The molecule has 4 rings (SSSR count). The summed E-state index contributed by atoms with van der Waals surface area (Å²) in [6.07, 6.45) is 5.53. The molecule has 0 unspecified atom stereocenters. The van der Waals surface area contributed by atoms with Crippen LogP contribution < -0.4 is 5.56 Å². The van der Waals surface area contributed by atoms with Crippen LogP contribution >= 0.6 is 0 Å². The van der Waals surface area contributed by atoms with Crippen molar-refractivity contribution in [1.82, 2.24) is 14.5 Å². The number of likely N-dealkylation sites (tertiary alicyclic amines) is 1. The van der Waals surface area contributed by atoms with Gasteiger partial charge in [0.2, 0.25) is 5.88 Å². The lowest BCUT2D eigenvalue weighted by Gasteiger charge is -2.22. The number of aromatic hydroxyl groups is 1. The summed E-state index contributed by atoms with van der Waals surface area (Å²) >= 11 is 0. The molecule has 6 nitrogen and oxygen atoms in total. The molecular formula is C24H31N3O3. The first kappa shape index (κ1) is 20.6. The van der Waals surface area contributed by atoms with Crippen molar-refractivity contribution in [3.8, 4) is 5.88 Å². The summed E-state index contributed by atoms with van der Waals surface area (Å²) in [4.78, 5) is 32.7. The molecule has 2 heterocycles. The smallest absolute Gasteiger partial charge is 0.270 e. The molecule has 1 saturated heterocycles. The third-order valence-electron chi connectivity index (χ3n) is 6.60. The van der Waals surface area contributed by atoms with Gasteiger partial charge in [-0.05, 0) is 44.1 Å². The molecule has 1 aromatic heterocycles. The highest BCUT2D eigenvalue weighted by molar-refractivity contribution is 5.96. The minimum Gasteiger partial charge on any atom is -0.493 e. The number of rotatable bonds is 7. The van der Waals surface area contributed by atoms with Crippen molar-refractivity contribution in [3.63, 3.8) is 0 Å². The first-order valence-electron chi connectivity index (χ1n) is 11.2. The van der Waals surface area contributed by atoms with Gasteiger partial charge in [0.15, 0.2) is 5.56 Å². The van der Waals surface area contributed by atoms with Crippen molar-refractivity contribution in [2.24, 2.45) is 5.92 Å². The number of benzene rings is 1. The van der Waals surface area contributed by atoms with Crippen molar-refractivity contribution in [1.29, 1.82) is 0 Å². The molecule has 2 aromatic rings. The zero-order valence-electron chi connectivity index (χ0n) is 17.9. The van der Waals surface area contributed by atoms with Crippen molar-refractivity contribution in [2.75, 3.05) is 13.1 Å². The maximum absolute atomic E-state index is 13.4. The molecule has 0 spiro atoms. The predicted molar refractivity (Wildman–Crippen MR) is 116 cm³/mol. The first-order valence-corrected chi connectivity index (χ1v) is 11.2. The number of unbranched alkanes of at least 4 members (excludes halogenated alkanes) is 1. The van der Waals surface area contributed by atoms with Gasteiger partial charge >= 0.3 is 0 Å². The van der Waals surface area contributed by atoms with Gasteiger partial charge in [0.05, 0.1) is 0 Å². The lowest BCUT2D eigenvalue weighted by atomic mass is 9.99. The van der Waals surface area contributed by atoms with Gasteiger partial charge in [-0.2, -0.15) is 4.98 Å². The maximum atomic E-state index is 13.4. The molecule has 0 bridgehead atoms. The summed E-state index contributed by atoms with van der Waals surface area (Å²) in [5, 5.41) is 10.6. The Labute approximate surface area is 177 Å². The number of carbonyl (C=O) groups excluding carboxylic acids is 1. The molecule has 0 radical (unpaired) electrons. The summed E-state index contributed by atoms with van der Waals surface area (Å²) in [7, 11) is 0. The van der Waals surface area contributed by atoms with E-state index in [1.54, 1.807) is 9.47 Å². The molecule has 1 aromatic carbocycles. The second kappa shape index (κ2) is 8.62. The zero-order chi connectivity index (χ0) is 21.3. The van der Waals surface area contributed by atoms with Crippen molar-refractivity contribution < 1.29 is 9.90 Å². The largest absolute Gasteiger partial charge is 0.493 e. The molecule has 1 aliphatic heterocycles. The summed E-state index contributed by atoms with van der Waals surface area (Å²) in [5.41, 5.74) is 0.641. The fraction of sp³-hybridized carbons (Fsp3) is 0.542. The molecule has 160 valence electrons. The van der Waals surface area contributed by atoms with Crippen LogP contribution in [0.15, 0.2) is 35.1 Å². The molecule has 2 fully saturated rings.